The van der Waals surface area contributed by atoms with Crippen molar-refractivity contribution in [2.75, 3.05) is 20.8 Å². The van der Waals surface area contributed by atoms with Crippen LogP contribution in [0, 0.1) is 0 Å². The number of amides is 1. The molecule has 1 aliphatic rings. The van der Waals surface area contributed by atoms with Crippen molar-refractivity contribution in [2.24, 2.45) is 0 Å². The maximum Gasteiger partial charge on any atom is 0.275 e. The van der Waals surface area contributed by atoms with Crippen LogP contribution in [0.3, 0.4) is 0 Å². The normalized spacial score (nSPS) is 16.5. The maximum absolute atomic E-state index is 13.0. The summed E-state index contributed by atoms with van der Waals surface area (Å²) < 4.78 is 10.6. The van der Waals surface area contributed by atoms with Crippen LogP contribution in [0.4, 0.5) is 0 Å². The SMILES string of the molecule is COC(CN1C(=O)c2n[nH]c(-c3cccs3)c2C1c1ccccn1)OC. The molecular formula is C18H18N4O3S. The van der Waals surface area contributed by atoms with E-state index in [1.807, 2.05) is 35.7 Å². The summed E-state index contributed by atoms with van der Waals surface area (Å²) in [5.74, 6) is -0.159. The molecule has 7 nitrogen and oxygen atoms in total. The Labute approximate surface area is 154 Å². The predicted molar refractivity (Wildman–Crippen MR) is 96.8 cm³/mol. The number of nitrogens with zero attached hydrogens (tertiary/aromatic N) is 3. The van der Waals surface area contributed by atoms with Crippen molar-refractivity contribution in [2.45, 2.75) is 12.3 Å². The number of carbonyl (C=O) groups is 1. The van der Waals surface area contributed by atoms with Crippen molar-refractivity contribution in [1.82, 2.24) is 20.1 Å². The smallest absolute Gasteiger partial charge is 0.275 e. The minimum Gasteiger partial charge on any atom is -0.354 e. The van der Waals surface area contributed by atoms with Crippen LogP contribution in [0.25, 0.3) is 10.6 Å². The second-order valence-electron chi connectivity index (χ2n) is 5.85. The van der Waals surface area contributed by atoms with E-state index in [2.05, 4.69) is 15.2 Å². The number of hydrogen-bond donors (Lipinski definition) is 1. The number of aromatic nitrogens is 3. The number of rotatable bonds is 6. The summed E-state index contributed by atoms with van der Waals surface area (Å²) in [4.78, 5) is 20.3. The van der Waals surface area contributed by atoms with Crippen molar-refractivity contribution >= 4 is 17.2 Å². The lowest BCUT2D eigenvalue weighted by molar-refractivity contribution is -0.113. The summed E-state index contributed by atoms with van der Waals surface area (Å²) >= 11 is 1.60. The van der Waals surface area contributed by atoms with E-state index in [-0.39, 0.29) is 18.5 Å². The second-order valence-corrected chi connectivity index (χ2v) is 6.80. The quantitative estimate of drug-likeness (QED) is 0.675. The number of H-pyrrole nitrogens is 1. The largest absolute Gasteiger partial charge is 0.354 e. The summed E-state index contributed by atoms with van der Waals surface area (Å²) in [6.45, 7) is 0.285. The highest BCUT2D eigenvalue weighted by Gasteiger charge is 2.44. The molecule has 134 valence electrons. The Morgan fingerprint density at radius 2 is 2.12 bits per heavy atom. The minimum absolute atomic E-state index is 0.159. The molecule has 0 aliphatic carbocycles. The molecule has 0 spiro atoms. The minimum atomic E-state index is -0.525. The highest BCUT2D eigenvalue weighted by atomic mass is 32.1. The van der Waals surface area contributed by atoms with Gasteiger partial charge in [-0.1, -0.05) is 12.1 Å². The first kappa shape index (κ1) is 16.9. The van der Waals surface area contributed by atoms with Crippen molar-refractivity contribution in [3.05, 3.63) is 58.9 Å². The number of fused-ring (bicyclic) bond motifs is 1. The number of hydrogen-bond acceptors (Lipinski definition) is 6. The van der Waals surface area contributed by atoms with Crippen LogP contribution in [-0.2, 0) is 9.47 Å². The Hall–Kier alpha value is -2.55. The topological polar surface area (TPSA) is 80.3 Å². The molecular weight excluding hydrogens is 352 g/mol. The molecule has 3 aromatic heterocycles. The summed E-state index contributed by atoms with van der Waals surface area (Å²) in [7, 11) is 3.11. The van der Waals surface area contributed by atoms with E-state index < -0.39 is 6.29 Å². The fraction of sp³-hybridized carbons (Fsp3) is 0.278. The zero-order chi connectivity index (χ0) is 18.1. The fourth-order valence-electron chi connectivity index (χ4n) is 3.24. The first-order valence-corrected chi connectivity index (χ1v) is 9.02. The van der Waals surface area contributed by atoms with Crippen molar-refractivity contribution < 1.29 is 14.3 Å². The molecule has 1 N–H and O–H groups in total. The number of nitrogens with one attached hydrogen (secondary N) is 1. The summed E-state index contributed by atoms with van der Waals surface area (Å²) in [5.41, 5.74) is 2.91. The first-order valence-electron chi connectivity index (χ1n) is 8.14. The fourth-order valence-corrected chi connectivity index (χ4v) is 3.97. The maximum atomic E-state index is 13.0. The Kier molecular flexibility index (Phi) is 4.54. The molecule has 0 saturated carbocycles. The van der Waals surface area contributed by atoms with Gasteiger partial charge in [0.05, 0.1) is 22.8 Å². The molecule has 0 bridgehead atoms. The van der Waals surface area contributed by atoms with Gasteiger partial charge in [0.15, 0.2) is 12.0 Å². The van der Waals surface area contributed by atoms with Crippen LogP contribution >= 0.6 is 11.3 Å². The number of aromatic amines is 1. The van der Waals surface area contributed by atoms with Crippen LogP contribution in [0.2, 0.25) is 0 Å². The van der Waals surface area contributed by atoms with Gasteiger partial charge in [-0.3, -0.25) is 14.9 Å². The standard InChI is InChI=1S/C18H18N4O3S/c1-24-13(25-2)10-22-17(11-6-3-4-8-19-11)14-15(12-7-5-9-26-12)20-21-16(14)18(22)23/h3-9,13,17H,10H2,1-2H3,(H,20,21). The van der Waals surface area contributed by atoms with Gasteiger partial charge in [0.2, 0.25) is 0 Å². The highest BCUT2D eigenvalue weighted by molar-refractivity contribution is 7.13. The zero-order valence-corrected chi connectivity index (χ0v) is 15.2. The van der Waals surface area contributed by atoms with Crippen molar-refractivity contribution in [3.8, 4) is 10.6 Å². The van der Waals surface area contributed by atoms with Crippen LogP contribution in [-0.4, -0.2) is 53.0 Å². The van der Waals surface area contributed by atoms with Gasteiger partial charge in [0.1, 0.15) is 6.04 Å². The number of ether oxygens (including phenoxy) is 2. The Morgan fingerprint density at radius 3 is 2.77 bits per heavy atom. The van der Waals surface area contributed by atoms with Crippen LogP contribution in [0.1, 0.15) is 27.8 Å². The van der Waals surface area contributed by atoms with Gasteiger partial charge < -0.3 is 14.4 Å². The van der Waals surface area contributed by atoms with E-state index in [0.717, 1.165) is 21.8 Å². The van der Waals surface area contributed by atoms with Crippen molar-refractivity contribution in [1.29, 1.82) is 0 Å². The zero-order valence-electron chi connectivity index (χ0n) is 14.4. The van der Waals surface area contributed by atoms with E-state index in [9.17, 15) is 4.79 Å². The molecule has 8 heteroatoms. The average molecular weight is 370 g/mol. The molecule has 0 fully saturated rings. The molecule has 4 rings (SSSR count). The third kappa shape index (κ3) is 2.72. The Morgan fingerprint density at radius 1 is 1.27 bits per heavy atom. The molecule has 1 atom stereocenters. The van der Waals surface area contributed by atoms with E-state index in [0.29, 0.717) is 5.69 Å². The third-order valence-corrected chi connectivity index (χ3v) is 5.35. The molecule has 1 amide bonds. The van der Waals surface area contributed by atoms with Gasteiger partial charge in [-0.25, -0.2) is 0 Å². The number of pyridine rings is 1. The van der Waals surface area contributed by atoms with E-state index >= 15 is 0 Å². The average Bonchev–Trinajstić information content (AvgIpc) is 3.39. The van der Waals surface area contributed by atoms with Crippen LogP contribution < -0.4 is 0 Å². The molecule has 0 radical (unpaired) electrons. The molecule has 3 aromatic rings. The molecule has 4 heterocycles. The first-order chi connectivity index (χ1) is 12.7. The van der Waals surface area contributed by atoms with Gasteiger partial charge >= 0.3 is 0 Å². The van der Waals surface area contributed by atoms with Gasteiger partial charge in [0.25, 0.3) is 5.91 Å². The Bertz CT molecular complexity index is 891. The highest BCUT2D eigenvalue weighted by Crippen LogP contribution is 2.43. The van der Waals surface area contributed by atoms with Crippen molar-refractivity contribution in [3.63, 3.8) is 0 Å². The van der Waals surface area contributed by atoms with E-state index in [1.54, 1.807) is 36.7 Å². The number of methoxy groups -OCH3 is 2. The lowest BCUT2D eigenvalue weighted by atomic mass is 10.0. The monoisotopic (exact) mass is 370 g/mol. The van der Waals surface area contributed by atoms with Gasteiger partial charge in [0, 0.05) is 26.0 Å². The molecule has 26 heavy (non-hydrogen) atoms. The Balaban J connectivity index is 1.83. The van der Waals surface area contributed by atoms with E-state index in [4.69, 9.17) is 9.47 Å². The van der Waals surface area contributed by atoms with E-state index in [1.165, 1.54) is 0 Å². The molecule has 0 saturated heterocycles. The predicted octanol–water partition coefficient (Wildman–Crippen LogP) is 2.70. The molecule has 1 aliphatic heterocycles. The summed E-state index contributed by atoms with van der Waals surface area (Å²) in [6, 6.07) is 9.33. The number of carbonyl (C=O) groups excluding carboxylic acids is 1. The lowest BCUT2D eigenvalue weighted by Gasteiger charge is -2.28. The van der Waals surface area contributed by atoms with Crippen LogP contribution in [0.5, 0.6) is 0 Å². The molecule has 0 aromatic carbocycles. The lowest BCUT2D eigenvalue weighted by Crippen LogP contribution is -2.38. The summed E-state index contributed by atoms with van der Waals surface area (Å²) in [6.07, 6.45) is 1.20. The van der Waals surface area contributed by atoms with Gasteiger partial charge in [-0.2, -0.15) is 5.10 Å². The van der Waals surface area contributed by atoms with Gasteiger partial charge in [-0.15, -0.1) is 11.3 Å². The number of thiophene rings is 1. The van der Waals surface area contributed by atoms with Crippen LogP contribution in [0.15, 0.2) is 41.9 Å². The summed E-state index contributed by atoms with van der Waals surface area (Å²) in [5, 5.41) is 9.33. The van der Waals surface area contributed by atoms with Gasteiger partial charge in [-0.05, 0) is 23.6 Å². The second kappa shape index (κ2) is 6.99. The third-order valence-electron chi connectivity index (χ3n) is 4.46. The molecule has 1 unspecified atom stereocenters.